The molecular weight excluding hydrogens is 272 g/mol. The summed E-state index contributed by atoms with van der Waals surface area (Å²) in [6.07, 6.45) is 1.96. The summed E-state index contributed by atoms with van der Waals surface area (Å²) in [6, 6.07) is 19.9. The average molecular weight is 288 g/mol. The van der Waals surface area contributed by atoms with Gasteiger partial charge in [0, 0.05) is 40.1 Å². The van der Waals surface area contributed by atoms with Gasteiger partial charge < -0.3 is 15.4 Å². The number of aromatic hydroxyl groups is 1. The fraction of sp³-hybridized carbons (Fsp3) is 0.0526. The van der Waals surface area contributed by atoms with E-state index in [4.69, 9.17) is 0 Å². The first kappa shape index (κ1) is 12.8. The Kier molecular flexibility index (Phi) is 2.97. The number of phenols is 1. The fourth-order valence-corrected chi connectivity index (χ4v) is 2.94. The molecule has 3 heteroatoms. The minimum Gasteiger partial charge on any atom is -0.507 e. The van der Waals surface area contributed by atoms with Gasteiger partial charge >= 0.3 is 0 Å². The van der Waals surface area contributed by atoms with Crippen LogP contribution in [0.4, 0.5) is 5.69 Å². The van der Waals surface area contributed by atoms with Crippen LogP contribution in [-0.4, -0.2) is 10.1 Å². The van der Waals surface area contributed by atoms with Gasteiger partial charge in [0.25, 0.3) is 0 Å². The number of phenolic OH excluding ortho intramolecular Hbond substituents is 1. The standard InChI is InChI=1S/C19H16N2O/c22-19-9-3-5-15-16(19)6-2-8-18(15)21-12-13-4-1-7-17-14(13)10-11-20-17/h1-11,20-22H,12H2. The Morgan fingerprint density at radius 2 is 1.64 bits per heavy atom. The lowest BCUT2D eigenvalue weighted by Crippen LogP contribution is -2.00. The SMILES string of the molecule is Oc1cccc2c(NCc3cccc4[nH]ccc34)cccc12. The van der Waals surface area contributed by atoms with E-state index in [0.717, 1.165) is 28.5 Å². The van der Waals surface area contributed by atoms with Gasteiger partial charge in [-0.1, -0.05) is 36.4 Å². The second-order valence-electron chi connectivity index (χ2n) is 5.39. The number of hydrogen-bond acceptors (Lipinski definition) is 2. The van der Waals surface area contributed by atoms with Crippen molar-refractivity contribution in [1.82, 2.24) is 4.98 Å². The molecule has 3 N–H and O–H groups in total. The maximum atomic E-state index is 9.96. The molecular formula is C19H16N2O. The lowest BCUT2D eigenvalue weighted by Gasteiger charge is -2.11. The van der Waals surface area contributed by atoms with Crippen LogP contribution in [-0.2, 0) is 6.54 Å². The normalized spacial score (nSPS) is 11.1. The number of H-pyrrole nitrogens is 1. The van der Waals surface area contributed by atoms with Crippen LogP contribution in [0.3, 0.4) is 0 Å². The van der Waals surface area contributed by atoms with Gasteiger partial charge in [0.2, 0.25) is 0 Å². The lowest BCUT2D eigenvalue weighted by molar-refractivity contribution is 0.481. The Morgan fingerprint density at radius 1 is 0.818 bits per heavy atom. The van der Waals surface area contributed by atoms with Crippen molar-refractivity contribution >= 4 is 27.4 Å². The maximum Gasteiger partial charge on any atom is 0.123 e. The number of fused-ring (bicyclic) bond motifs is 2. The van der Waals surface area contributed by atoms with Gasteiger partial charge in [-0.3, -0.25) is 0 Å². The highest BCUT2D eigenvalue weighted by Gasteiger charge is 2.05. The second kappa shape index (κ2) is 5.11. The zero-order valence-corrected chi connectivity index (χ0v) is 12.0. The van der Waals surface area contributed by atoms with Crippen molar-refractivity contribution in [3.63, 3.8) is 0 Å². The number of benzene rings is 3. The summed E-state index contributed by atoms with van der Waals surface area (Å²) in [5, 5.41) is 16.6. The molecule has 1 aromatic heterocycles. The molecule has 1 heterocycles. The highest BCUT2D eigenvalue weighted by atomic mass is 16.3. The molecule has 108 valence electrons. The first-order valence-electron chi connectivity index (χ1n) is 7.32. The van der Waals surface area contributed by atoms with E-state index in [-0.39, 0.29) is 0 Å². The summed E-state index contributed by atoms with van der Waals surface area (Å²) in [6.45, 7) is 0.740. The molecule has 0 aliphatic heterocycles. The topological polar surface area (TPSA) is 48.0 Å². The number of rotatable bonds is 3. The number of nitrogens with one attached hydrogen (secondary N) is 2. The van der Waals surface area contributed by atoms with Crippen LogP contribution in [0.25, 0.3) is 21.7 Å². The Hall–Kier alpha value is -2.94. The molecule has 0 aliphatic rings. The number of hydrogen-bond donors (Lipinski definition) is 3. The van der Waals surface area contributed by atoms with Crippen LogP contribution in [0.2, 0.25) is 0 Å². The maximum absolute atomic E-state index is 9.96. The molecule has 4 aromatic rings. The summed E-state index contributed by atoms with van der Waals surface area (Å²) in [7, 11) is 0. The third-order valence-electron chi connectivity index (χ3n) is 4.05. The molecule has 3 aromatic carbocycles. The third kappa shape index (κ3) is 2.07. The van der Waals surface area contributed by atoms with Gasteiger partial charge in [0.15, 0.2) is 0 Å². The molecule has 4 rings (SSSR count). The molecule has 0 saturated heterocycles. The monoisotopic (exact) mass is 288 g/mol. The molecule has 0 bridgehead atoms. The summed E-state index contributed by atoms with van der Waals surface area (Å²) in [4.78, 5) is 3.23. The van der Waals surface area contributed by atoms with Crippen molar-refractivity contribution < 1.29 is 5.11 Å². The third-order valence-corrected chi connectivity index (χ3v) is 4.05. The first-order chi connectivity index (χ1) is 10.8. The highest BCUT2D eigenvalue weighted by molar-refractivity contribution is 5.97. The van der Waals surface area contributed by atoms with Crippen molar-refractivity contribution in [2.24, 2.45) is 0 Å². The predicted octanol–water partition coefficient (Wildman–Crippen LogP) is 4.64. The smallest absolute Gasteiger partial charge is 0.123 e. The van der Waals surface area contributed by atoms with Gasteiger partial charge in [-0.2, -0.15) is 0 Å². The first-order valence-corrected chi connectivity index (χ1v) is 7.32. The summed E-state index contributed by atoms with van der Waals surface area (Å²) < 4.78 is 0. The molecule has 0 amide bonds. The van der Waals surface area contributed by atoms with Crippen molar-refractivity contribution in [1.29, 1.82) is 0 Å². The van der Waals surface area contributed by atoms with E-state index in [1.54, 1.807) is 6.07 Å². The molecule has 0 unspecified atom stereocenters. The second-order valence-corrected chi connectivity index (χ2v) is 5.39. The zero-order chi connectivity index (χ0) is 14.9. The van der Waals surface area contributed by atoms with E-state index in [1.807, 2.05) is 36.5 Å². The lowest BCUT2D eigenvalue weighted by atomic mass is 10.1. The van der Waals surface area contributed by atoms with Crippen LogP contribution in [0, 0.1) is 0 Å². The van der Waals surface area contributed by atoms with E-state index < -0.39 is 0 Å². The molecule has 3 nitrogen and oxygen atoms in total. The average Bonchev–Trinajstić information content (AvgIpc) is 3.02. The van der Waals surface area contributed by atoms with Gasteiger partial charge in [0.05, 0.1) is 0 Å². The quantitative estimate of drug-likeness (QED) is 0.514. The molecule has 0 atom stereocenters. The molecule has 22 heavy (non-hydrogen) atoms. The van der Waals surface area contributed by atoms with Gasteiger partial charge in [0.1, 0.15) is 5.75 Å². The van der Waals surface area contributed by atoms with Crippen molar-refractivity contribution in [2.45, 2.75) is 6.54 Å². The van der Waals surface area contributed by atoms with E-state index in [0.29, 0.717) is 5.75 Å². The van der Waals surface area contributed by atoms with E-state index in [9.17, 15) is 5.11 Å². The summed E-state index contributed by atoms with van der Waals surface area (Å²) >= 11 is 0. The Bertz CT molecular complexity index is 956. The molecule has 0 spiro atoms. The minimum atomic E-state index is 0.314. The van der Waals surface area contributed by atoms with Crippen LogP contribution in [0.1, 0.15) is 5.56 Å². The Labute approximate surface area is 128 Å². The molecule has 0 radical (unpaired) electrons. The van der Waals surface area contributed by atoms with E-state index in [1.165, 1.54) is 10.9 Å². The van der Waals surface area contributed by atoms with Gasteiger partial charge in [-0.15, -0.1) is 0 Å². The largest absolute Gasteiger partial charge is 0.507 e. The van der Waals surface area contributed by atoms with Crippen LogP contribution in [0.5, 0.6) is 5.75 Å². The molecule has 0 aliphatic carbocycles. The fourth-order valence-electron chi connectivity index (χ4n) is 2.94. The minimum absolute atomic E-state index is 0.314. The number of aromatic nitrogens is 1. The Morgan fingerprint density at radius 3 is 2.59 bits per heavy atom. The zero-order valence-electron chi connectivity index (χ0n) is 12.0. The summed E-state index contributed by atoms with van der Waals surface area (Å²) in [5.41, 5.74) is 3.42. The number of aromatic amines is 1. The number of anilines is 1. The molecule has 0 saturated carbocycles. The van der Waals surface area contributed by atoms with Crippen LogP contribution >= 0.6 is 0 Å². The van der Waals surface area contributed by atoms with Crippen molar-refractivity contribution in [2.75, 3.05) is 5.32 Å². The van der Waals surface area contributed by atoms with Crippen molar-refractivity contribution in [3.05, 3.63) is 72.4 Å². The highest BCUT2D eigenvalue weighted by Crippen LogP contribution is 2.30. The Balaban J connectivity index is 1.70. The van der Waals surface area contributed by atoms with Crippen LogP contribution < -0.4 is 5.32 Å². The van der Waals surface area contributed by atoms with Crippen LogP contribution in [0.15, 0.2) is 66.9 Å². The van der Waals surface area contributed by atoms with E-state index >= 15 is 0 Å². The van der Waals surface area contributed by atoms with Gasteiger partial charge in [-0.25, -0.2) is 0 Å². The van der Waals surface area contributed by atoms with Crippen molar-refractivity contribution in [3.8, 4) is 5.75 Å². The summed E-state index contributed by atoms with van der Waals surface area (Å²) in [5.74, 6) is 0.314. The predicted molar refractivity (Wildman–Crippen MR) is 91.2 cm³/mol. The van der Waals surface area contributed by atoms with Gasteiger partial charge in [-0.05, 0) is 29.8 Å². The molecule has 0 fully saturated rings. The van der Waals surface area contributed by atoms with E-state index in [2.05, 4.69) is 34.6 Å².